The zero-order chi connectivity index (χ0) is 12.0. The first-order valence-corrected chi connectivity index (χ1v) is 5.35. The van der Waals surface area contributed by atoms with Crippen LogP contribution in [0.1, 0.15) is 22.3 Å². The molecule has 2 aliphatic heterocycles. The number of benzene rings is 1. The lowest BCUT2D eigenvalue weighted by Gasteiger charge is -2.32. The van der Waals surface area contributed by atoms with Crippen LogP contribution in [0.15, 0.2) is 24.3 Å². The van der Waals surface area contributed by atoms with Gasteiger partial charge in [-0.05, 0) is 11.6 Å². The largest absolute Gasteiger partial charge is 0.351 e. The standard InChI is InChI=1S/C12H10N2O3/c15-9-5-12(11(17)14-9)6-13-10(16)7-3-1-2-4-8(7)12/h1-4H,5-6H2,(H,13,16)(H,14,15,17). The zero-order valence-corrected chi connectivity index (χ0v) is 8.95. The highest BCUT2D eigenvalue weighted by atomic mass is 16.2. The summed E-state index contributed by atoms with van der Waals surface area (Å²) < 4.78 is 0. The maximum absolute atomic E-state index is 11.9. The summed E-state index contributed by atoms with van der Waals surface area (Å²) in [5, 5.41) is 4.97. The number of nitrogens with one attached hydrogen (secondary N) is 2. The molecule has 86 valence electrons. The number of amides is 3. The van der Waals surface area contributed by atoms with Gasteiger partial charge in [0.15, 0.2) is 0 Å². The van der Waals surface area contributed by atoms with Crippen LogP contribution in [0.25, 0.3) is 0 Å². The van der Waals surface area contributed by atoms with Gasteiger partial charge in [0.2, 0.25) is 11.8 Å². The summed E-state index contributed by atoms with van der Waals surface area (Å²) in [5.74, 6) is -0.811. The molecule has 2 N–H and O–H groups in total. The lowest BCUT2D eigenvalue weighted by molar-refractivity contribution is -0.126. The van der Waals surface area contributed by atoms with Crippen molar-refractivity contribution in [3.63, 3.8) is 0 Å². The van der Waals surface area contributed by atoms with Crippen LogP contribution >= 0.6 is 0 Å². The van der Waals surface area contributed by atoms with E-state index in [2.05, 4.69) is 10.6 Å². The molecule has 2 aliphatic rings. The van der Waals surface area contributed by atoms with E-state index in [-0.39, 0.29) is 30.7 Å². The van der Waals surface area contributed by atoms with Crippen molar-refractivity contribution >= 4 is 17.7 Å². The second kappa shape index (κ2) is 3.16. The predicted octanol–water partition coefficient (Wildman–Crippen LogP) is -0.286. The van der Waals surface area contributed by atoms with E-state index >= 15 is 0 Å². The van der Waals surface area contributed by atoms with Crippen LogP contribution in [-0.4, -0.2) is 24.3 Å². The molecule has 1 spiro atoms. The Hall–Kier alpha value is -2.17. The van der Waals surface area contributed by atoms with Crippen LogP contribution < -0.4 is 10.6 Å². The number of imide groups is 1. The van der Waals surface area contributed by atoms with Gasteiger partial charge in [-0.3, -0.25) is 19.7 Å². The minimum Gasteiger partial charge on any atom is -0.351 e. The van der Waals surface area contributed by atoms with Crippen molar-refractivity contribution in [2.24, 2.45) is 0 Å². The van der Waals surface area contributed by atoms with Gasteiger partial charge in [-0.25, -0.2) is 0 Å². The van der Waals surface area contributed by atoms with E-state index in [1.807, 2.05) is 0 Å². The summed E-state index contributed by atoms with van der Waals surface area (Å²) >= 11 is 0. The average Bonchev–Trinajstić information content (AvgIpc) is 2.61. The normalized spacial score (nSPS) is 26.7. The fraction of sp³-hybridized carbons (Fsp3) is 0.250. The van der Waals surface area contributed by atoms with Gasteiger partial charge in [0.05, 0.1) is 0 Å². The molecule has 1 aromatic rings. The van der Waals surface area contributed by atoms with E-state index < -0.39 is 5.41 Å². The van der Waals surface area contributed by atoms with Crippen LogP contribution in [0.3, 0.4) is 0 Å². The second-order valence-corrected chi connectivity index (χ2v) is 4.36. The fourth-order valence-corrected chi connectivity index (χ4v) is 2.53. The number of hydrogen-bond acceptors (Lipinski definition) is 3. The van der Waals surface area contributed by atoms with E-state index in [4.69, 9.17) is 0 Å². The third kappa shape index (κ3) is 1.22. The zero-order valence-electron chi connectivity index (χ0n) is 8.95. The van der Waals surface area contributed by atoms with E-state index in [1.165, 1.54) is 0 Å². The van der Waals surface area contributed by atoms with Crippen LogP contribution in [0.2, 0.25) is 0 Å². The molecule has 17 heavy (non-hydrogen) atoms. The van der Waals surface area contributed by atoms with Gasteiger partial charge < -0.3 is 5.32 Å². The highest BCUT2D eigenvalue weighted by Gasteiger charge is 2.51. The van der Waals surface area contributed by atoms with Crippen LogP contribution in [0.5, 0.6) is 0 Å². The summed E-state index contributed by atoms with van der Waals surface area (Å²) in [7, 11) is 0. The first-order chi connectivity index (χ1) is 8.13. The molecule has 0 saturated carbocycles. The Kier molecular flexibility index (Phi) is 1.86. The molecule has 0 bridgehead atoms. The third-order valence-electron chi connectivity index (χ3n) is 3.39. The molecular weight excluding hydrogens is 220 g/mol. The molecule has 5 heteroatoms. The Labute approximate surface area is 97.2 Å². The number of hydrogen-bond donors (Lipinski definition) is 2. The lowest BCUT2D eigenvalue weighted by atomic mass is 9.74. The van der Waals surface area contributed by atoms with E-state index in [9.17, 15) is 14.4 Å². The van der Waals surface area contributed by atoms with Gasteiger partial charge in [-0.15, -0.1) is 0 Å². The van der Waals surface area contributed by atoms with Crippen LogP contribution in [0.4, 0.5) is 0 Å². The van der Waals surface area contributed by atoms with Gasteiger partial charge in [0.1, 0.15) is 5.41 Å². The molecule has 1 unspecified atom stereocenters. The number of rotatable bonds is 0. The molecule has 3 amide bonds. The summed E-state index contributed by atoms with van der Waals surface area (Å²) in [5.41, 5.74) is 0.206. The Morgan fingerprint density at radius 3 is 2.59 bits per heavy atom. The molecule has 0 aromatic heterocycles. The predicted molar refractivity (Wildman–Crippen MR) is 58.2 cm³/mol. The van der Waals surface area contributed by atoms with Gasteiger partial charge in [0.25, 0.3) is 5.91 Å². The number of fused-ring (bicyclic) bond motifs is 2. The van der Waals surface area contributed by atoms with Crippen molar-refractivity contribution in [1.82, 2.24) is 10.6 Å². The van der Waals surface area contributed by atoms with Gasteiger partial charge >= 0.3 is 0 Å². The average molecular weight is 230 g/mol. The Morgan fingerprint density at radius 2 is 1.88 bits per heavy atom. The van der Waals surface area contributed by atoms with E-state index in [0.29, 0.717) is 11.1 Å². The molecule has 1 atom stereocenters. The fourth-order valence-electron chi connectivity index (χ4n) is 2.53. The smallest absolute Gasteiger partial charge is 0.251 e. The van der Waals surface area contributed by atoms with Crippen molar-refractivity contribution < 1.29 is 14.4 Å². The van der Waals surface area contributed by atoms with Gasteiger partial charge in [-0.2, -0.15) is 0 Å². The summed E-state index contributed by atoms with van der Waals surface area (Å²) in [6.07, 6.45) is 0.100. The molecule has 3 rings (SSSR count). The molecule has 2 heterocycles. The van der Waals surface area contributed by atoms with Crippen molar-refractivity contribution in [3.8, 4) is 0 Å². The van der Waals surface area contributed by atoms with E-state index in [1.54, 1.807) is 24.3 Å². The van der Waals surface area contributed by atoms with Crippen molar-refractivity contribution in [2.45, 2.75) is 11.8 Å². The molecule has 1 fully saturated rings. The summed E-state index contributed by atoms with van der Waals surface area (Å²) in [6.45, 7) is 0.181. The minimum absolute atomic E-state index is 0.100. The quantitative estimate of drug-likeness (QED) is 0.601. The SMILES string of the molecule is O=C1CC2(CNC(=O)c3ccccc32)C(=O)N1. The molecule has 0 radical (unpaired) electrons. The number of carbonyl (C=O) groups excluding carboxylic acids is 3. The highest BCUT2D eigenvalue weighted by Crippen LogP contribution is 2.36. The Bertz CT molecular complexity index is 552. The summed E-state index contributed by atoms with van der Waals surface area (Å²) in [4.78, 5) is 35.0. The minimum atomic E-state index is -0.915. The maximum Gasteiger partial charge on any atom is 0.251 e. The molecule has 1 saturated heterocycles. The van der Waals surface area contributed by atoms with E-state index in [0.717, 1.165) is 0 Å². The Balaban J connectivity index is 2.22. The van der Waals surface area contributed by atoms with Gasteiger partial charge in [0, 0.05) is 18.5 Å². The first-order valence-electron chi connectivity index (χ1n) is 5.35. The second-order valence-electron chi connectivity index (χ2n) is 4.36. The van der Waals surface area contributed by atoms with Crippen molar-refractivity contribution in [3.05, 3.63) is 35.4 Å². The van der Waals surface area contributed by atoms with Crippen molar-refractivity contribution in [1.29, 1.82) is 0 Å². The van der Waals surface area contributed by atoms with Gasteiger partial charge in [-0.1, -0.05) is 18.2 Å². The molecule has 5 nitrogen and oxygen atoms in total. The topological polar surface area (TPSA) is 75.3 Å². The van der Waals surface area contributed by atoms with Crippen LogP contribution in [-0.2, 0) is 15.0 Å². The molecule has 0 aliphatic carbocycles. The van der Waals surface area contributed by atoms with Crippen LogP contribution in [0, 0.1) is 0 Å². The highest BCUT2D eigenvalue weighted by molar-refractivity contribution is 6.12. The maximum atomic E-state index is 11.9. The molecule has 1 aromatic carbocycles. The molecular formula is C12H10N2O3. The first kappa shape index (κ1) is 10.0. The third-order valence-corrected chi connectivity index (χ3v) is 3.39. The monoisotopic (exact) mass is 230 g/mol. The summed E-state index contributed by atoms with van der Waals surface area (Å²) in [6, 6.07) is 6.93. The number of carbonyl (C=O) groups is 3. The van der Waals surface area contributed by atoms with Crippen molar-refractivity contribution in [2.75, 3.05) is 6.54 Å². The lowest BCUT2D eigenvalue weighted by Crippen LogP contribution is -2.50. The Morgan fingerprint density at radius 1 is 1.12 bits per heavy atom.